The predicted octanol–water partition coefficient (Wildman–Crippen LogP) is 13.1. The summed E-state index contributed by atoms with van der Waals surface area (Å²) in [6.07, 6.45) is 45.5. The third-order valence-corrected chi connectivity index (χ3v) is 10.8. The van der Waals surface area contributed by atoms with Gasteiger partial charge in [-0.15, -0.1) is 0 Å². The molecule has 0 bridgehead atoms. The number of aromatic nitrogens is 1. The molecule has 1 aliphatic heterocycles. The van der Waals surface area contributed by atoms with Crippen molar-refractivity contribution in [1.29, 1.82) is 0 Å². The van der Waals surface area contributed by atoms with Gasteiger partial charge in [0.1, 0.15) is 0 Å². The first-order valence-corrected chi connectivity index (χ1v) is 19.7. The molecule has 0 fully saturated rings. The summed E-state index contributed by atoms with van der Waals surface area (Å²) in [6.45, 7) is 14.0. The Kier molecular flexibility index (Phi) is 13.4. The monoisotopic (exact) mass is 721 g/mol. The number of pyridine rings is 1. The van der Waals surface area contributed by atoms with Crippen molar-refractivity contribution in [3.8, 4) is 0 Å². The number of hydrogen-bond acceptors (Lipinski definition) is 3. The molecular weight excluding hydrogens is 667 g/mol. The van der Waals surface area contributed by atoms with Crippen molar-refractivity contribution in [3.63, 3.8) is 0 Å². The van der Waals surface area contributed by atoms with Crippen LogP contribution in [-0.2, 0) is 12.8 Å². The molecule has 55 heavy (non-hydrogen) atoms. The Bertz CT molecular complexity index is 2300. The first kappa shape index (κ1) is 38.9. The molecule has 1 atom stereocenters. The number of hydrogen-bond donors (Lipinski definition) is 0. The van der Waals surface area contributed by atoms with Crippen molar-refractivity contribution in [2.45, 2.75) is 73.3 Å². The molecule has 0 radical (unpaired) electrons. The highest BCUT2D eigenvalue weighted by Crippen LogP contribution is 2.30. The van der Waals surface area contributed by atoms with E-state index in [1.807, 2.05) is 18.6 Å². The molecule has 3 heteroatoms. The fourth-order valence-corrected chi connectivity index (χ4v) is 7.03. The molecule has 1 unspecified atom stereocenters. The molecule has 0 amide bonds. The average Bonchev–Trinajstić information content (AvgIpc) is 3.23. The Balaban J connectivity index is 1.22. The second kappa shape index (κ2) is 19.0. The van der Waals surface area contributed by atoms with E-state index >= 15 is 0 Å². The lowest BCUT2D eigenvalue weighted by Crippen LogP contribution is -2.32. The van der Waals surface area contributed by atoms with Crippen LogP contribution in [-0.4, -0.2) is 28.7 Å². The van der Waals surface area contributed by atoms with Crippen molar-refractivity contribution in [2.24, 2.45) is 4.99 Å². The van der Waals surface area contributed by atoms with Crippen LogP contribution in [0.4, 0.5) is 0 Å². The number of aliphatic imine (C=N–C) groups is 1. The number of rotatable bonds is 12. The fourth-order valence-electron chi connectivity index (χ4n) is 7.03. The van der Waals surface area contributed by atoms with E-state index in [1.165, 1.54) is 77.9 Å². The minimum atomic E-state index is 0.189. The molecule has 3 nitrogen and oxygen atoms in total. The summed E-state index contributed by atoms with van der Waals surface area (Å²) in [5.74, 6) is 0. The normalized spacial score (nSPS) is 19.1. The number of benzene rings is 2. The minimum absolute atomic E-state index is 0.189. The van der Waals surface area contributed by atoms with E-state index in [2.05, 4.69) is 196 Å². The van der Waals surface area contributed by atoms with Gasteiger partial charge in [0.2, 0.25) is 0 Å². The van der Waals surface area contributed by atoms with Crippen LogP contribution in [0.25, 0.3) is 16.3 Å². The van der Waals surface area contributed by atoms with Crippen LogP contribution in [0.15, 0.2) is 196 Å². The molecule has 2 aliphatic carbocycles. The Hall–Kier alpha value is -5.80. The van der Waals surface area contributed by atoms with E-state index in [0.717, 1.165) is 32.2 Å². The summed E-state index contributed by atoms with van der Waals surface area (Å²) in [5.41, 5.74) is 15.3. The Morgan fingerprint density at radius 1 is 0.836 bits per heavy atom. The van der Waals surface area contributed by atoms with Crippen molar-refractivity contribution in [3.05, 3.63) is 214 Å². The molecule has 2 aromatic carbocycles. The van der Waals surface area contributed by atoms with Crippen molar-refractivity contribution in [1.82, 2.24) is 9.88 Å². The molecule has 6 rings (SSSR count). The maximum absolute atomic E-state index is 4.46. The summed E-state index contributed by atoms with van der Waals surface area (Å²) < 4.78 is 0. The fraction of sp³-hybridized carbons (Fsp3) is 0.231. The maximum atomic E-state index is 4.46. The highest BCUT2D eigenvalue weighted by Gasteiger charge is 2.21. The van der Waals surface area contributed by atoms with Gasteiger partial charge in [-0.05, 0) is 147 Å². The van der Waals surface area contributed by atoms with E-state index in [-0.39, 0.29) is 6.04 Å². The first-order chi connectivity index (χ1) is 26.8. The van der Waals surface area contributed by atoms with Crippen LogP contribution >= 0.6 is 0 Å². The van der Waals surface area contributed by atoms with Crippen molar-refractivity contribution >= 4 is 22.6 Å². The molecule has 0 N–H and O–H groups in total. The van der Waals surface area contributed by atoms with Gasteiger partial charge in [-0.1, -0.05) is 121 Å². The van der Waals surface area contributed by atoms with E-state index in [1.54, 1.807) is 0 Å². The highest BCUT2D eigenvalue weighted by molar-refractivity contribution is 5.85. The SMILES string of the molecule is C/C=C(\C=C/Cc1ccc2cnccc2c1)N(/C(C)=C/C=C(C)/C(C)=C/C=C(C)/C(C)=C/C=C1/C=CC=CC1)C1C=CC(c2ccc3c(c2)CCN=C3)=CC1. The molecule has 0 saturated heterocycles. The smallest absolute Gasteiger partial charge is 0.0556 e. The highest BCUT2D eigenvalue weighted by atomic mass is 15.2. The van der Waals surface area contributed by atoms with Crippen LogP contribution in [0.5, 0.6) is 0 Å². The van der Waals surface area contributed by atoms with E-state index in [4.69, 9.17) is 0 Å². The third-order valence-electron chi connectivity index (χ3n) is 10.8. The zero-order chi connectivity index (χ0) is 38.6. The lowest BCUT2D eigenvalue weighted by molar-refractivity contribution is 0.372. The summed E-state index contributed by atoms with van der Waals surface area (Å²) >= 11 is 0. The van der Waals surface area contributed by atoms with Crippen LogP contribution in [0, 0.1) is 0 Å². The minimum Gasteiger partial charge on any atom is -0.338 e. The largest absolute Gasteiger partial charge is 0.338 e. The maximum Gasteiger partial charge on any atom is 0.0556 e. The molecule has 0 spiro atoms. The van der Waals surface area contributed by atoms with Crippen LogP contribution < -0.4 is 0 Å². The van der Waals surface area contributed by atoms with Gasteiger partial charge in [-0.3, -0.25) is 9.98 Å². The van der Waals surface area contributed by atoms with E-state index in [0.29, 0.717) is 0 Å². The zero-order valence-corrected chi connectivity index (χ0v) is 33.5. The second-order valence-electron chi connectivity index (χ2n) is 14.7. The summed E-state index contributed by atoms with van der Waals surface area (Å²) in [5, 5.41) is 2.39. The van der Waals surface area contributed by atoms with Crippen molar-refractivity contribution < 1.29 is 0 Å². The van der Waals surface area contributed by atoms with Crippen LogP contribution in [0.1, 0.15) is 76.6 Å². The van der Waals surface area contributed by atoms with Gasteiger partial charge in [-0.25, -0.2) is 0 Å². The number of allylic oxidation sites excluding steroid dienone is 21. The molecule has 0 saturated carbocycles. The van der Waals surface area contributed by atoms with Crippen molar-refractivity contribution in [2.75, 3.05) is 6.54 Å². The summed E-state index contributed by atoms with van der Waals surface area (Å²) in [7, 11) is 0. The molecular formula is C52H55N3. The Morgan fingerprint density at radius 2 is 1.64 bits per heavy atom. The summed E-state index contributed by atoms with van der Waals surface area (Å²) in [4.78, 5) is 11.2. The van der Waals surface area contributed by atoms with E-state index in [9.17, 15) is 0 Å². The van der Waals surface area contributed by atoms with Gasteiger partial charge in [0.05, 0.1) is 6.04 Å². The molecule has 3 aromatic rings. The lowest BCUT2D eigenvalue weighted by atomic mass is 9.92. The first-order valence-electron chi connectivity index (χ1n) is 19.7. The third kappa shape index (κ3) is 10.5. The molecule has 2 heterocycles. The summed E-state index contributed by atoms with van der Waals surface area (Å²) in [6, 6.07) is 15.7. The molecule has 3 aliphatic rings. The Labute approximate surface area is 329 Å². The number of nitrogens with zero attached hydrogens (tertiary/aromatic N) is 3. The van der Waals surface area contributed by atoms with Gasteiger partial charge in [0.15, 0.2) is 0 Å². The quantitative estimate of drug-likeness (QED) is 0.174. The standard InChI is InChI=1S/C52H55N3/c1-7-51(15-11-14-44-22-23-49-36-53-32-30-47(49)34-44)55(52-28-26-45(27-29-52)46-24-25-50-37-54-33-31-48(50)35-46)42(6)20-18-40(4)38(2)16-17-39(3)41(5)19-21-43-12-9-8-10-13-43/h7-12,15-28,30,32,34-37,52H,13-14,29,31,33H2,1-6H3/b15-11-,38-16+,39-17+,40-18+,41-19+,42-20+,43-21-,51-7+. The van der Waals surface area contributed by atoms with Gasteiger partial charge in [0.25, 0.3) is 0 Å². The predicted molar refractivity (Wildman–Crippen MR) is 238 cm³/mol. The average molecular weight is 722 g/mol. The number of fused-ring (bicyclic) bond motifs is 2. The van der Waals surface area contributed by atoms with Crippen LogP contribution in [0.2, 0.25) is 0 Å². The molecule has 1 aromatic heterocycles. The van der Waals surface area contributed by atoms with E-state index < -0.39 is 0 Å². The second-order valence-corrected chi connectivity index (χ2v) is 14.7. The zero-order valence-electron chi connectivity index (χ0n) is 33.5. The Morgan fingerprint density at radius 3 is 2.38 bits per heavy atom. The van der Waals surface area contributed by atoms with Gasteiger partial charge in [-0.2, -0.15) is 0 Å². The van der Waals surface area contributed by atoms with Gasteiger partial charge in [0, 0.05) is 41.9 Å². The van der Waals surface area contributed by atoms with Gasteiger partial charge >= 0.3 is 0 Å². The van der Waals surface area contributed by atoms with Crippen LogP contribution in [0.3, 0.4) is 0 Å². The topological polar surface area (TPSA) is 28.5 Å². The van der Waals surface area contributed by atoms with Gasteiger partial charge < -0.3 is 4.90 Å². The lowest BCUT2D eigenvalue weighted by Gasteiger charge is -2.34. The molecule has 278 valence electrons.